The molecule has 7 heteroatoms. The van der Waals surface area contributed by atoms with Gasteiger partial charge in [0.1, 0.15) is 0 Å². The summed E-state index contributed by atoms with van der Waals surface area (Å²) in [5, 5.41) is 9.07. The van der Waals surface area contributed by atoms with Crippen molar-refractivity contribution in [2.45, 2.75) is 20.3 Å². The maximum atomic E-state index is 6.08. The zero-order valence-electron chi connectivity index (χ0n) is 11.8. The van der Waals surface area contributed by atoms with E-state index in [4.69, 9.17) is 23.2 Å². The quantitative estimate of drug-likeness (QED) is 0.813. The second-order valence-electron chi connectivity index (χ2n) is 4.42. The van der Waals surface area contributed by atoms with E-state index < -0.39 is 0 Å². The van der Waals surface area contributed by atoms with E-state index in [2.05, 4.69) is 27.5 Å². The van der Waals surface area contributed by atoms with Crippen LogP contribution in [0.25, 0.3) is 0 Å². The SMILES string of the molecule is CCCN/C(C)=C/N=C1N=C(Nc2cc(Cl)ccc2Cl)S1. The second-order valence-corrected chi connectivity index (χ2v) is 6.22. The predicted molar refractivity (Wildman–Crippen MR) is 94.6 cm³/mol. The number of anilines is 1. The van der Waals surface area contributed by atoms with Gasteiger partial charge in [0.15, 0.2) is 10.3 Å². The number of aliphatic imine (C=N–C) groups is 2. The van der Waals surface area contributed by atoms with E-state index in [0.717, 1.165) is 29.5 Å². The molecule has 1 aliphatic rings. The molecule has 0 saturated heterocycles. The van der Waals surface area contributed by atoms with E-state index >= 15 is 0 Å². The van der Waals surface area contributed by atoms with E-state index in [1.807, 2.05) is 6.92 Å². The largest absolute Gasteiger partial charge is 0.387 e. The molecule has 2 N–H and O–H groups in total. The van der Waals surface area contributed by atoms with Gasteiger partial charge in [-0.3, -0.25) is 0 Å². The van der Waals surface area contributed by atoms with Crippen molar-refractivity contribution >= 4 is 51.0 Å². The summed E-state index contributed by atoms with van der Waals surface area (Å²) in [7, 11) is 0. The minimum atomic E-state index is 0.604. The van der Waals surface area contributed by atoms with Gasteiger partial charge in [0, 0.05) is 23.5 Å². The van der Waals surface area contributed by atoms with Gasteiger partial charge in [0.05, 0.1) is 10.7 Å². The monoisotopic (exact) mass is 342 g/mol. The van der Waals surface area contributed by atoms with Crippen molar-refractivity contribution in [3.8, 4) is 0 Å². The molecule has 0 radical (unpaired) electrons. The van der Waals surface area contributed by atoms with Crippen molar-refractivity contribution in [1.82, 2.24) is 5.32 Å². The Hall–Kier alpha value is -1.17. The van der Waals surface area contributed by atoms with E-state index in [1.54, 1.807) is 24.4 Å². The number of allylic oxidation sites excluding steroid dienone is 1. The van der Waals surface area contributed by atoms with Gasteiger partial charge in [-0.1, -0.05) is 30.1 Å². The number of nitrogens with zero attached hydrogens (tertiary/aromatic N) is 2. The summed E-state index contributed by atoms with van der Waals surface area (Å²) in [5.74, 6) is 0. The molecule has 0 bridgehead atoms. The maximum absolute atomic E-state index is 6.08. The van der Waals surface area contributed by atoms with Gasteiger partial charge in [-0.2, -0.15) is 4.99 Å². The summed E-state index contributed by atoms with van der Waals surface area (Å²) in [6.45, 7) is 5.05. The van der Waals surface area contributed by atoms with Crippen LogP contribution in [0.2, 0.25) is 10.0 Å². The van der Waals surface area contributed by atoms with Crippen LogP contribution in [0, 0.1) is 0 Å². The van der Waals surface area contributed by atoms with Gasteiger partial charge in [-0.05, 0) is 43.3 Å². The highest BCUT2D eigenvalue weighted by atomic mass is 35.5. The first-order valence-corrected chi connectivity index (χ1v) is 8.13. The fraction of sp³-hybridized carbons (Fsp3) is 0.286. The van der Waals surface area contributed by atoms with Crippen LogP contribution < -0.4 is 10.6 Å². The van der Waals surface area contributed by atoms with Crippen molar-refractivity contribution in [3.05, 3.63) is 40.1 Å². The summed E-state index contributed by atoms with van der Waals surface area (Å²) in [6.07, 6.45) is 2.87. The topological polar surface area (TPSA) is 48.8 Å². The van der Waals surface area contributed by atoms with Crippen molar-refractivity contribution in [2.24, 2.45) is 9.98 Å². The molecule has 21 heavy (non-hydrogen) atoms. The lowest BCUT2D eigenvalue weighted by Crippen LogP contribution is -2.19. The van der Waals surface area contributed by atoms with Crippen LogP contribution in [0.5, 0.6) is 0 Å². The maximum Gasteiger partial charge on any atom is 0.197 e. The van der Waals surface area contributed by atoms with Gasteiger partial charge in [0.25, 0.3) is 0 Å². The van der Waals surface area contributed by atoms with Crippen LogP contribution in [-0.2, 0) is 0 Å². The molecule has 2 rings (SSSR count). The highest BCUT2D eigenvalue weighted by Crippen LogP contribution is 2.29. The number of hydrogen-bond acceptors (Lipinski definition) is 4. The summed E-state index contributed by atoms with van der Waals surface area (Å²) >= 11 is 13.5. The van der Waals surface area contributed by atoms with Crippen LogP contribution in [0.1, 0.15) is 20.3 Å². The van der Waals surface area contributed by atoms with Crippen LogP contribution in [-0.4, -0.2) is 16.9 Å². The molecule has 4 nitrogen and oxygen atoms in total. The summed E-state index contributed by atoms with van der Waals surface area (Å²) < 4.78 is 0. The second kappa shape index (κ2) is 7.73. The Labute approximate surface area is 138 Å². The molecule has 112 valence electrons. The molecule has 0 unspecified atom stereocenters. The lowest BCUT2D eigenvalue weighted by atomic mass is 10.3. The van der Waals surface area contributed by atoms with Crippen molar-refractivity contribution < 1.29 is 0 Å². The number of hydrogen-bond donors (Lipinski definition) is 2. The molecule has 1 aromatic carbocycles. The molecule has 0 amide bonds. The first-order chi connectivity index (χ1) is 10.1. The van der Waals surface area contributed by atoms with E-state index in [9.17, 15) is 0 Å². The Balaban J connectivity index is 1.93. The fourth-order valence-electron chi connectivity index (χ4n) is 1.52. The Morgan fingerprint density at radius 3 is 2.90 bits per heavy atom. The first kappa shape index (κ1) is 16.2. The molecule has 0 aromatic heterocycles. The van der Waals surface area contributed by atoms with Crippen molar-refractivity contribution in [2.75, 3.05) is 11.9 Å². The average molecular weight is 343 g/mol. The Kier molecular flexibility index (Phi) is 5.96. The molecule has 1 aromatic rings. The van der Waals surface area contributed by atoms with Crippen LogP contribution in [0.15, 0.2) is 40.1 Å². The van der Waals surface area contributed by atoms with Gasteiger partial charge < -0.3 is 10.6 Å². The molecular weight excluding hydrogens is 327 g/mol. The minimum absolute atomic E-state index is 0.604. The zero-order chi connectivity index (χ0) is 15.2. The summed E-state index contributed by atoms with van der Waals surface area (Å²) in [6, 6.07) is 5.26. The number of halogens is 2. The molecule has 0 saturated carbocycles. The molecular formula is C14H16Cl2N4S. The smallest absolute Gasteiger partial charge is 0.197 e. The third-order valence-electron chi connectivity index (χ3n) is 2.58. The van der Waals surface area contributed by atoms with Crippen LogP contribution >= 0.6 is 35.0 Å². The van der Waals surface area contributed by atoms with Crippen molar-refractivity contribution in [3.63, 3.8) is 0 Å². The van der Waals surface area contributed by atoms with E-state index in [-0.39, 0.29) is 0 Å². The van der Waals surface area contributed by atoms with Gasteiger partial charge in [-0.15, -0.1) is 0 Å². The highest BCUT2D eigenvalue weighted by Gasteiger charge is 2.18. The number of nitrogens with one attached hydrogen (secondary N) is 2. The Morgan fingerprint density at radius 1 is 1.43 bits per heavy atom. The van der Waals surface area contributed by atoms with Gasteiger partial charge >= 0.3 is 0 Å². The number of thioether (sulfide) groups is 1. The van der Waals surface area contributed by atoms with Gasteiger partial charge in [-0.25, -0.2) is 4.99 Å². The summed E-state index contributed by atoms with van der Waals surface area (Å²) in [5.41, 5.74) is 1.77. The molecule has 0 spiro atoms. The number of rotatable bonds is 5. The molecule has 1 heterocycles. The first-order valence-electron chi connectivity index (χ1n) is 6.55. The Bertz CT molecular complexity index is 611. The summed E-state index contributed by atoms with van der Waals surface area (Å²) in [4.78, 5) is 8.57. The van der Waals surface area contributed by atoms with E-state index in [0.29, 0.717) is 15.2 Å². The van der Waals surface area contributed by atoms with Gasteiger partial charge in [0.2, 0.25) is 0 Å². The predicted octanol–water partition coefficient (Wildman–Crippen LogP) is 4.73. The van der Waals surface area contributed by atoms with E-state index in [1.165, 1.54) is 11.8 Å². The highest BCUT2D eigenvalue weighted by molar-refractivity contribution is 8.29. The average Bonchev–Trinajstić information content (AvgIpc) is 2.42. The molecule has 0 fully saturated rings. The minimum Gasteiger partial charge on any atom is -0.387 e. The molecule has 1 aliphatic heterocycles. The Morgan fingerprint density at radius 2 is 2.19 bits per heavy atom. The van der Waals surface area contributed by atoms with Crippen molar-refractivity contribution in [1.29, 1.82) is 0 Å². The normalized spacial score (nSPS) is 16.5. The van der Waals surface area contributed by atoms with Crippen LogP contribution in [0.4, 0.5) is 5.69 Å². The molecule has 0 atom stereocenters. The number of benzene rings is 1. The number of amidine groups is 2. The lowest BCUT2D eigenvalue weighted by molar-refractivity contribution is 0.767. The lowest BCUT2D eigenvalue weighted by Gasteiger charge is -2.16. The fourth-order valence-corrected chi connectivity index (χ4v) is 2.43. The molecule has 0 aliphatic carbocycles. The third-order valence-corrected chi connectivity index (χ3v) is 3.91. The standard InChI is InChI=1S/C14H16Cl2N4S/c1-3-6-17-9(2)8-18-13-20-14(21-13)19-12-7-10(15)4-5-11(12)16/h4-5,7-8,17H,3,6H2,1-2H3,(H,18,19,20)/b9-8+. The zero-order valence-corrected chi connectivity index (χ0v) is 14.1. The third kappa shape index (κ3) is 4.95. The van der Waals surface area contributed by atoms with Crippen LogP contribution in [0.3, 0.4) is 0 Å².